The first-order valence-corrected chi connectivity index (χ1v) is 7.46. The lowest BCUT2D eigenvalue weighted by Crippen LogP contribution is -2.26. The Balaban J connectivity index is 2.23. The fourth-order valence-electron chi connectivity index (χ4n) is 2.57. The molecule has 1 heterocycles. The highest BCUT2D eigenvalue weighted by Crippen LogP contribution is 2.19. The normalized spacial score (nSPS) is 12.6. The van der Waals surface area contributed by atoms with E-state index >= 15 is 0 Å². The average molecular weight is 271 g/mol. The van der Waals surface area contributed by atoms with E-state index in [2.05, 4.69) is 67.0 Å². The summed E-state index contributed by atoms with van der Waals surface area (Å²) in [5.41, 5.74) is 4.07. The van der Waals surface area contributed by atoms with Crippen molar-refractivity contribution in [3.63, 3.8) is 0 Å². The van der Waals surface area contributed by atoms with Crippen molar-refractivity contribution < 1.29 is 0 Å². The Morgan fingerprint density at radius 3 is 2.65 bits per heavy atom. The summed E-state index contributed by atoms with van der Waals surface area (Å²) < 4.78 is 2.22. The second-order valence-electron chi connectivity index (χ2n) is 5.30. The number of nitrogens with zero attached hydrogens (tertiary/aromatic N) is 2. The van der Waals surface area contributed by atoms with Gasteiger partial charge in [-0.05, 0) is 50.4 Å². The molecule has 0 bridgehead atoms. The number of hydrogen-bond donors (Lipinski definition) is 1. The van der Waals surface area contributed by atoms with Crippen molar-refractivity contribution in [3.8, 4) is 0 Å². The number of benzene rings is 1. The van der Waals surface area contributed by atoms with Crippen LogP contribution in [0.4, 0.5) is 0 Å². The summed E-state index contributed by atoms with van der Waals surface area (Å²) in [6.07, 6.45) is 4.93. The topological polar surface area (TPSA) is 29.9 Å². The zero-order valence-corrected chi connectivity index (χ0v) is 13.0. The maximum absolute atomic E-state index is 4.54. The molecule has 0 amide bonds. The highest BCUT2D eigenvalue weighted by atomic mass is 15.1. The van der Waals surface area contributed by atoms with E-state index in [1.807, 2.05) is 6.20 Å². The van der Waals surface area contributed by atoms with Crippen LogP contribution in [0.25, 0.3) is 0 Å². The Labute approximate surface area is 122 Å². The molecule has 2 rings (SSSR count). The van der Waals surface area contributed by atoms with Crippen molar-refractivity contribution in [3.05, 3.63) is 53.1 Å². The van der Waals surface area contributed by atoms with E-state index in [-0.39, 0.29) is 6.04 Å². The van der Waals surface area contributed by atoms with Crippen molar-refractivity contribution in [2.24, 2.45) is 0 Å². The van der Waals surface area contributed by atoms with Gasteiger partial charge in [-0.2, -0.15) is 0 Å². The van der Waals surface area contributed by atoms with Gasteiger partial charge in [0.15, 0.2) is 0 Å². The highest BCUT2D eigenvalue weighted by Gasteiger charge is 2.16. The first-order chi connectivity index (χ1) is 9.65. The van der Waals surface area contributed by atoms with Gasteiger partial charge in [0.2, 0.25) is 0 Å². The molecule has 2 aromatic rings. The largest absolute Gasteiger partial charge is 0.334 e. The zero-order chi connectivity index (χ0) is 14.5. The SMILES string of the molecule is CCNC(Cc1ccc(C)c(C)c1)c1nccn1CC. The Morgan fingerprint density at radius 1 is 1.20 bits per heavy atom. The van der Waals surface area contributed by atoms with Crippen LogP contribution in [0.2, 0.25) is 0 Å². The second-order valence-corrected chi connectivity index (χ2v) is 5.30. The molecule has 0 radical (unpaired) electrons. The van der Waals surface area contributed by atoms with E-state index in [1.54, 1.807) is 0 Å². The summed E-state index contributed by atoms with van der Waals surface area (Å²) in [7, 11) is 0. The van der Waals surface area contributed by atoms with Crippen LogP contribution in [0, 0.1) is 13.8 Å². The molecule has 3 heteroatoms. The Hall–Kier alpha value is -1.61. The third kappa shape index (κ3) is 3.28. The lowest BCUT2D eigenvalue weighted by molar-refractivity contribution is 0.495. The minimum atomic E-state index is 0.275. The van der Waals surface area contributed by atoms with Gasteiger partial charge >= 0.3 is 0 Å². The minimum Gasteiger partial charge on any atom is -0.334 e. The predicted molar refractivity (Wildman–Crippen MR) is 83.9 cm³/mol. The van der Waals surface area contributed by atoms with E-state index in [4.69, 9.17) is 0 Å². The van der Waals surface area contributed by atoms with Crippen LogP contribution in [0.5, 0.6) is 0 Å². The Kier molecular flexibility index (Phi) is 4.96. The summed E-state index contributed by atoms with van der Waals surface area (Å²) in [5, 5.41) is 3.56. The molecule has 0 aliphatic carbocycles. The third-order valence-electron chi connectivity index (χ3n) is 3.86. The number of hydrogen-bond acceptors (Lipinski definition) is 2. The monoisotopic (exact) mass is 271 g/mol. The molecule has 1 aromatic heterocycles. The van der Waals surface area contributed by atoms with Gasteiger partial charge in [-0.25, -0.2) is 4.98 Å². The Morgan fingerprint density at radius 2 is 2.00 bits per heavy atom. The van der Waals surface area contributed by atoms with Crippen LogP contribution in [0.1, 0.15) is 42.4 Å². The van der Waals surface area contributed by atoms with Gasteiger partial charge in [0.25, 0.3) is 0 Å². The van der Waals surface area contributed by atoms with E-state index in [0.29, 0.717) is 0 Å². The standard InChI is InChI=1S/C17H25N3/c1-5-18-16(17-19-9-10-20(17)6-2)12-15-8-7-13(3)14(4)11-15/h7-11,16,18H,5-6,12H2,1-4H3. The van der Waals surface area contributed by atoms with Gasteiger partial charge in [-0.1, -0.05) is 25.1 Å². The van der Waals surface area contributed by atoms with Crippen LogP contribution in [0.3, 0.4) is 0 Å². The summed E-state index contributed by atoms with van der Waals surface area (Å²) in [4.78, 5) is 4.54. The van der Waals surface area contributed by atoms with Crippen molar-refractivity contribution in [1.29, 1.82) is 0 Å². The van der Waals surface area contributed by atoms with Gasteiger partial charge in [-0.3, -0.25) is 0 Å². The molecule has 1 aromatic carbocycles. The number of nitrogens with one attached hydrogen (secondary N) is 1. The number of imidazole rings is 1. The summed E-state index contributed by atoms with van der Waals surface area (Å²) in [5.74, 6) is 1.13. The first-order valence-electron chi connectivity index (χ1n) is 7.46. The van der Waals surface area contributed by atoms with Crippen LogP contribution < -0.4 is 5.32 Å². The van der Waals surface area contributed by atoms with Crippen molar-refractivity contribution >= 4 is 0 Å². The molecule has 1 N–H and O–H groups in total. The molecule has 3 nitrogen and oxygen atoms in total. The molecule has 1 atom stereocenters. The van der Waals surface area contributed by atoms with Gasteiger partial charge < -0.3 is 9.88 Å². The third-order valence-corrected chi connectivity index (χ3v) is 3.86. The van der Waals surface area contributed by atoms with E-state index in [1.165, 1.54) is 16.7 Å². The van der Waals surface area contributed by atoms with Gasteiger partial charge in [0.05, 0.1) is 6.04 Å². The molecular formula is C17H25N3. The lowest BCUT2D eigenvalue weighted by atomic mass is 10.0. The lowest BCUT2D eigenvalue weighted by Gasteiger charge is -2.19. The summed E-state index contributed by atoms with van der Waals surface area (Å²) in [6, 6.07) is 7.00. The van der Waals surface area contributed by atoms with E-state index in [9.17, 15) is 0 Å². The van der Waals surface area contributed by atoms with Crippen LogP contribution in [0.15, 0.2) is 30.6 Å². The maximum atomic E-state index is 4.54. The quantitative estimate of drug-likeness (QED) is 0.872. The molecule has 0 saturated carbocycles. The molecule has 1 unspecified atom stereocenters. The number of aryl methyl sites for hydroxylation is 3. The number of likely N-dealkylation sites (N-methyl/N-ethyl adjacent to an activating group) is 1. The van der Waals surface area contributed by atoms with E-state index in [0.717, 1.165) is 25.3 Å². The second kappa shape index (κ2) is 6.71. The van der Waals surface area contributed by atoms with Crippen molar-refractivity contribution in [1.82, 2.24) is 14.9 Å². The minimum absolute atomic E-state index is 0.275. The van der Waals surface area contributed by atoms with Gasteiger partial charge in [0, 0.05) is 18.9 Å². The molecule has 0 spiro atoms. The molecule has 0 aliphatic rings. The fraction of sp³-hybridized carbons (Fsp3) is 0.471. The Bertz CT molecular complexity index is 557. The number of rotatable bonds is 6. The molecule has 0 saturated heterocycles. The number of aromatic nitrogens is 2. The van der Waals surface area contributed by atoms with Crippen LogP contribution >= 0.6 is 0 Å². The van der Waals surface area contributed by atoms with Crippen molar-refractivity contribution in [2.45, 2.75) is 46.7 Å². The van der Waals surface area contributed by atoms with E-state index < -0.39 is 0 Å². The molecule has 0 fully saturated rings. The average Bonchev–Trinajstić information content (AvgIpc) is 2.90. The molecular weight excluding hydrogens is 246 g/mol. The summed E-state index contributed by atoms with van der Waals surface area (Å²) >= 11 is 0. The van der Waals surface area contributed by atoms with Gasteiger partial charge in [0.1, 0.15) is 5.82 Å². The maximum Gasteiger partial charge on any atom is 0.126 e. The first kappa shape index (κ1) is 14.8. The fourth-order valence-corrected chi connectivity index (χ4v) is 2.57. The smallest absolute Gasteiger partial charge is 0.126 e. The molecule has 20 heavy (non-hydrogen) atoms. The summed E-state index contributed by atoms with van der Waals surface area (Å²) in [6.45, 7) is 10.5. The zero-order valence-electron chi connectivity index (χ0n) is 13.0. The predicted octanol–water partition coefficient (Wildman–Crippen LogP) is 3.41. The van der Waals surface area contributed by atoms with Crippen molar-refractivity contribution in [2.75, 3.05) is 6.54 Å². The van der Waals surface area contributed by atoms with Crippen LogP contribution in [-0.4, -0.2) is 16.1 Å². The van der Waals surface area contributed by atoms with Crippen LogP contribution in [-0.2, 0) is 13.0 Å². The molecule has 0 aliphatic heterocycles. The van der Waals surface area contributed by atoms with Gasteiger partial charge in [-0.15, -0.1) is 0 Å². The highest BCUT2D eigenvalue weighted by molar-refractivity contribution is 5.30. The molecule has 108 valence electrons.